The minimum atomic E-state index is -0.140. The molecule has 17 nitrogen and oxygen atoms in total. The lowest BCUT2D eigenvalue weighted by Crippen LogP contribution is -2.63. The van der Waals surface area contributed by atoms with E-state index in [0.717, 1.165) is 54.3 Å². The lowest BCUT2D eigenvalue weighted by molar-refractivity contribution is -0.0366. The number of fused-ring (bicyclic) bond motifs is 1. The van der Waals surface area contributed by atoms with Gasteiger partial charge in [-0.2, -0.15) is 9.61 Å². The first-order valence-electron chi connectivity index (χ1n) is 22.2. The molecule has 0 spiro atoms. The van der Waals surface area contributed by atoms with E-state index in [0.29, 0.717) is 96.6 Å². The zero-order valence-corrected chi connectivity index (χ0v) is 37.9. The number of rotatable bonds is 26. The number of nitrogens with zero attached hydrogens (tertiary/aromatic N) is 9. The fourth-order valence-electron chi connectivity index (χ4n) is 8.61. The Hall–Kier alpha value is -4.68. The molecule has 1 N–H and O–H groups in total. The number of hydrogen-bond acceptors (Lipinski definition) is 15. The van der Waals surface area contributed by atoms with Crippen molar-refractivity contribution in [1.82, 2.24) is 34.9 Å². The van der Waals surface area contributed by atoms with Crippen molar-refractivity contribution >= 4 is 29.1 Å². The Morgan fingerprint density at radius 1 is 0.823 bits per heavy atom. The summed E-state index contributed by atoms with van der Waals surface area (Å²) in [4.78, 5) is 41.6. The van der Waals surface area contributed by atoms with Crippen LogP contribution in [0, 0.1) is 10.8 Å². The van der Waals surface area contributed by atoms with E-state index in [-0.39, 0.29) is 22.8 Å². The molecule has 17 heteroatoms. The highest BCUT2D eigenvalue weighted by molar-refractivity contribution is 5.94. The predicted molar refractivity (Wildman–Crippen MR) is 238 cm³/mol. The van der Waals surface area contributed by atoms with Crippen LogP contribution in [-0.4, -0.2) is 134 Å². The number of pyridine rings is 1. The van der Waals surface area contributed by atoms with Gasteiger partial charge in [0.15, 0.2) is 11.5 Å². The molecule has 340 valence electrons. The summed E-state index contributed by atoms with van der Waals surface area (Å²) in [7, 11) is 1.89. The van der Waals surface area contributed by atoms with E-state index in [1.807, 2.05) is 53.0 Å². The molecule has 1 aliphatic heterocycles. The highest BCUT2D eigenvalue weighted by atomic mass is 16.7. The van der Waals surface area contributed by atoms with E-state index >= 15 is 0 Å². The Balaban J connectivity index is 0.789. The standard InChI is InChI=1S/C45H68N10O7/c1-8-35-31-49-55-39(27-37(50-40(35)55)53-15-11-10-12-16-53)54(62-9-2)32-34-13-14-38(46-28-34)61-26-25-60-24-23-59-22-21-58-20-19-57-18-17-52(7)43-47-29-36(30-48-43)41(56)51-42-44(3,4)33-45(42,5)6/h13-14,27-31,42H,8-12,15-26,32-33H2,1-7H3,(H,51,56). The average molecular weight is 861 g/mol. The number of piperidine rings is 1. The molecule has 1 aliphatic carbocycles. The van der Waals surface area contributed by atoms with Crippen molar-refractivity contribution in [1.29, 1.82) is 0 Å². The highest BCUT2D eigenvalue weighted by Gasteiger charge is 2.53. The number of likely N-dealkylation sites (N-methyl/N-ethyl adjacent to an activating group) is 1. The lowest BCUT2D eigenvalue weighted by Gasteiger charge is -2.57. The molecule has 62 heavy (non-hydrogen) atoms. The van der Waals surface area contributed by atoms with Gasteiger partial charge in [0.25, 0.3) is 5.91 Å². The lowest BCUT2D eigenvalue weighted by atomic mass is 9.52. The second-order valence-electron chi connectivity index (χ2n) is 17.3. The van der Waals surface area contributed by atoms with Crippen molar-refractivity contribution in [3.05, 3.63) is 59.7 Å². The molecule has 1 amide bonds. The zero-order valence-electron chi connectivity index (χ0n) is 37.9. The Morgan fingerprint density at radius 2 is 1.47 bits per heavy atom. The van der Waals surface area contributed by atoms with Gasteiger partial charge >= 0.3 is 0 Å². The molecule has 1 saturated carbocycles. The molecule has 5 heterocycles. The van der Waals surface area contributed by atoms with Crippen LogP contribution in [-0.2, 0) is 36.8 Å². The van der Waals surface area contributed by atoms with Crippen LogP contribution in [0.2, 0.25) is 0 Å². The van der Waals surface area contributed by atoms with Crippen molar-refractivity contribution in [3.63, 3.8) is 0 Å². The number of anilines is 3. The molecule has 0 aromatic carbocycles. The number of ether oxygens (including phenoxy) is 5. The van der Waals surface area contributed by atoms with E-state index in [1.165, 1.54) is 19.3 Å². The number of aryl methyl sites for hydroxylation is 1. The van der Waals surface area contributed by atoms with Crippen molar-refractivity contribution in [2.45, 2.75) is 86.2 Å². The summed E-state index contributed by atoms with van der Waals surface area (Å²) >= 11 is 0. The molecular formula is C45H68N10O7. The van der Waals surface area contributed by atoms with Crippen LogP contribution in [0.5, 0.6) is 5.88 Å². The number of carbonyl (C=O) groups is 1. The first kappa shape index (κ1) is 46.8. The van der Waals surface area contributed by atoms with Gasteiger partial charge in [-0.3, -0.25) is 9.63 Å². The number of carbonyl (C=O) groups excluding carboxylic acids is 1. The molecular weight excluding hydrogens is 793 g/mol. The van der Waals surface area contributed by atoms with Crippen LogP contribution >= 0.6 is 0 Å². The summed E-state index contributed by atoms with van der Waals surface area (Å²) in [5.41, 5.74) is 3.56. The monoisotopic (exact) mass is 861 g/mol. The van der Waals surface area contributed by atoms with Gasteiger partial charge in [-0.15, -0.1) is 0 Å². The van der Waals surface area contributed by atoms with E-state index < -0.39 is 0 Å². The maximum atomic E-state index is 12.8. The first-order chi connectivity index (χ1) is 30.0. The largest absolute Gasteiger partial charge is 0.475 e. The van der Waals surface area contributed by atoms with Crippen LogP contribution in [0.4, 0.5) is 17.6 Å². The molecule has 0 atom stereocenters. The Kier molecular flexibility index (Phi) is 17.1. The van der Waals surface area contributed by atoms with Gasteiger partial charge in [0.1, 0.15) is 12.4 Å². The van der Waals surface area contributed by atoms with Gasteiger partial charge in [0, 0.05) is 69.0 Å². The minimum absolute atomic E-state index is 0.0763. The molecule has 2 fully saturated rings. The van der Waals surface area contributed by atoms with Crippen molar-refractivity contribution < 1.29 is 33.3 Å². The predicted octanol–water partition coefficient (Wildman–Crippen LogP) is 5.56. The normalized spacial score (nSPS) is 16.0. The summed E-state index contributed by atoms with van der Waals surface area (Å²) in [6.07, 6.45) is 12.4. The summed E-state index contributed by atoms with van der Waals surface area (Å²) < 4.78 is 30.3. The van der Waals surface area contributed by atoms with Crippen molar-refractivity contribution in [2.24, 2.45) is 10.8 Å². The Bertz CT molecular complexity index is 1960. The maximum Gasteiger partial charge on any atom is 0.254 e. The quantitative estimate of drug-likeness (QED) is 0.0617. The number of nitrogens with one attached hydrogen (secondary N) is 1. The molecule has 0 radical (unpaired) electrons. The van der Waals surface area contributed by atoms with Gasteiger partial charge in [0.05, 0.1) is 77.8 Å². The fourth-order valence-corrected chi connectivity index (χ4v) is 8.61. The molecule has 2 aliphatic rings. The fraction of sp³-hybridized carbons (Fsp3) is 0.644. The highest BCUT2D eigenvalue weighted by Crippen LogP contribution is 2.53. The number of amides is 1. The molecule has 0 unspecified atom stereocenters. The molecule has 0 bridgehead atoms. The maximum absolute atomic E-state index is 12.8. The van der Waals surface area contributed by atoms with Gasteiger partial charge in [-0.05, 0) is 55.4 Å². The third-order valence-electron chi connectivity index (χ3n) is 11.4. The van der Waals surface area contributed by atoms with Crippen LogP contribution < -0.4 is 24.9 Å². The van der Waals surface area contributed by atoms with E-state index in [2.05, 4.69) is 71.0 Å². The van der Waals surface area contributed by atoms with Crippen LogP contribution in [0.1, 0.15) is 88.7 Å². The first-order valence-corrected chi connectivity index (χ1v) is 22.2. The van der Waals surface area contributed by atoms with E-state index in [4.69, 9.17) is 33.5 Å². The number of aromatic nitrogens is 6. The van der Waals surface area contributed by atoms with Crippen molar-refractivity contribution in [2.75, 3.05) is 108 Å². The smallest absolute Gasteiger partial charge is 0.254 e. The van der Waals surface area contributed by atoms with Crippen molar-refractivity contribution in [3.8, 4) is 5.88 Å². The summed E-state index contributed by atoms with van der Waals surface area (Å²) in [6, 6.07) is 6.06. The summed E-state index contributed by atoms with van der Waals surface area (Å²) in [5.74, 6) is 2.72. The number of hydroxylamine groups is 1. The molecule has 4 aromatic rings. The SMILES string of the molecule is CCON(Cc1ccc(OCCOCCOCCOCCOCCN(C)c2ncc(C(=O)NC3C(C)(C)CC3(C)C)cn2)nc1)c1cc(N2CCCCC2)nc2c(CC)cnn12. The van der Waals surface area contributed by atoms with Gasteiger partial charge in [0.2, 0.25) is 11.8 Å². The van der Waals surface area contributed by atoms with Crippen LogP contribution in [0.25, 0.3) is 5.65 Å². The Morgan fingerprint density at radius 3 is 2.06 bits per heavy atom. The van der Waals surface area contributed by atoms with Gasteiger partial charge in [-0.25, -0.2) is 25.0 Å². The third kappa shape index (κ3) is 12.7. The van der Waals surface area contributed by atoms with Gasteiger partial charge in [-0.1, -0.05) is 40.7 Å². The summed E-state index contributed by atoms with van der Waals surface area (Å²) in [6.45, 7) is 20.5. The molecule has 4 aromatic heterocycles. The van der Waals surface area contributed by atoms with E-state index in [1.54, 1.807) is 12.4 Å². The second-order valence-corrected chi connectivity index (χ2v) is 17.3. The van der Waals surface area contributed by atoms with Gasteiger partial charge < -0.3 is 38.8 Å². The molecule has 1 saturated heterocycles. The number of hydrogen-bond donors (Lipinski definition) is 1. The van der Waals surface area contributed by atoms with Crippen LogP contribution in [0.15, 0.2) is 43.0 Å². The Labute approximate surface area is 366 Å². The minimum Gasteiger partial charge on any atom is -0.475 e. The summed E-state index contributed by atoms with van der Waals surface area (Å²) in [5, 5.41) is 9.74. The molecule has 6 rings (SSSR count). The topological polar surface area (TPSA) is 163 Å². The van der Waals surface area contributed by atoms with Crippen LogP contribution in [0.3, 0.4) is 0 Å². The second kappa shape index (κ2) is 22.6. The third-order valence-corrected chi connectivity index (χ3v) is 11.4. The van der Waals surface area contributed by atoms with E-state index in [9.17, 15) is 4.79 Å². The average Bonchev–Trinajstić information content (AvgIpc) is 3.70. The zero-order chi connectivity index (χ0) is 44.0.